The van der Waals surface area contributed by atoms with Gasteiger partial charge in [0.1, 0.15) is 6.04 Å². The summed E-state index contributed by atoms with van der Waals surface area (Å²) in [7, 11) is 1.18. The average molecular weight is 225 g/mol. The number of nitrogens with one attached hydrogen (secondary N) is 1. The van der Waals surface area contributed by atoms with Gasteiger partial charge in [0.25, 0.3) is 0 Å². The fourth-order valence-electron chi connectivity index (χ4n) is 1.28. The minimum Gasteiger partial charge on any atom is -0.466 e. The van der Waals surface area contributed by atoms with Crippen LogP contribution in [0.1, 0.15) is 12.8 Å². The first kappa shape index (κ1) is 12.1. The Labute approximate surface area is 91.6 Å². The molecule has 0 aromatic carbocycles. The number of ketones is 2. The van der Waals surface area contributed by atoms with E-state index < -0.39 is 17.9 Å². The summed E-state index contributed by atoms with van der Waals surface area (Å²) in [5.41, 5.74) is 0. The van der Waals surface area contributed by atoms with Gasteiger partial charge in [-0.05, 0) is 0 Å². The van der Waals surface area contributed by atoms with Crippen LogP contribution in [0, 0.1) is 0 Å². The second kappa shape index (κ2) is 5.20. The summed E-state index contributed by atoms with van der Waals surface area (Å²) in [4.78, 5) is 44.2. The number of amides is 1. The largest absolute Gasteiger partial charge is 0.466 e. The highest BCUT2D eigenvalue weighted by molar-refractivity contribution is 6.14. The van der Waals surface area contributed by atoms with Crippen molar-refractivity contribution in [1.29, 1.82) is 0 Å². The minimum absolute atomic E-state index is 0.157. The van der Waals surface area contributed by atoms with E-state index in [1.54, 1.807) is 0 Å². The SMILES string of the molecule is COC(=O)/C=C/C(=O)NC1C(=O)CCC1=O. The number of esters is 1. The molecule has 1 saturated carbocycles. The van der Waals surface area contributed by atoms with E-state index in [4.69, 9.17) is 0 Å². The lowest BCUT2D eigenvalue weighted by Crippen LogP contribution is -2.41. The molecule has 86 valence electrons. The highest BCUT2D eigenvalue weighted by Crippen LogP contribution is 2.10. The van der Waals surface area contributed by atoms with E-state index in [9.17, 15) is 19.2 Å². The molecule has 0 unspecified atom stereocenters. The van der Waals surface area contributed by atoms with Crippen molar-refractivity contribution in [2.45, 2.75) is 18.9 Å². The number of Topliss-reactive ketones (excluding diaryl/α,β-unsaturated/α-hetero) is 2. The molecule has 1 N–H and O–H groups in total. The molecule has 1 fully saturated rings. The normalized spacial score (nSPS) is 16.8. The number of hydrogen-bond acceptors (Lipinski definition) is 5. The average Bonchev–Trinajstić information content (AvgIpc) is 2.57. The Kier molecular flexibility index (Phi) is 3.93. The van der Waals surface area contributed by atoms with Gasteiger partial charge in [-0.3, -0.25) is 14.4 Å². The molecular formula is C10H11NO5. The zero-order valence-electron chi connectivity index (χ0n) is 8.69. The summed E-state index contributed by atoms with van der Waals surface area (Å²) in [6.45, 7) is 0. The van der Waals surface area contributed by atoms with Crippen molar-refractivity contribution in [2.24, 2.45) is 0 Å². The quantitative estimate of drug-likeness (QED) is 0.383. The van der Waals surface area contributed by atoms with Crippen LogP contribution in [-0.4, -0.2) is 36.6 Å². The van der Waals surface area contributed by atoms with Crippen LogP contribution in [0.4, 0.5) is 0 Å². The highest BCUT2D eigenvalue weighted by Gasteiger charge is 2.33. The third-order valence-electron chi connectivity index (χ3n) is 2.12. The number of ether oxygens (including phenoxy) is 1. The minimum atomic E-state index is -1.06. The maximum absolute atomic E-state index is 11.2. The van der Waals surface area contributed by atoms with Crippen LogP contribution >= 0.6 is 0 Å². The van der Waals surface area contributed by atoms with Gasteiger partial charge >= 0.3 is 5.97 Å². The van der Waals surface area contributed by atoms with E-state index in [1.807, 2.05) is 0 Å². The Bertz CT molecular complexity index is 355. The highest BCUT2D eigenvalue weighted by atomic mass is 16.5. The maximum atomic E-state index is 11.2. The van der Waals surface area contributed by atoms with Crippen LogP contribution in [0.5, 0.6) is 0 Å². The maximum Gasteiger partial charge on any atom is 0.330 e. The monoisotopic (exact) mass is 225 g/mol. The standard InChI is InChI=1S/C10H11NO5/c1-16-9(15)5-4-8(14)11-10-6(12)2-3-7(10)13/h4-5,10H,2-3H2,1H3,(H,11,14)/b5-4+. The fourth-order valence-corrected chi connectivity index (χ4v) is 1.28. The molecule has 0 atom stereocenters. The molecule has 1 rings (SSSR count). The Hall–Kier alpha value is -1.98. The van der Waals surface area contributed by atoms with Crippen LogP contribution in [0.3, 0.4) is 0 Å². The van der Waals surface area contributed by atoms with E-state index in [-0.39, 0.29) is 24.4 Å². The van der Waals surface area contributed by atoms with E-state index >= 15 is 0 Å². The zero-order valence-corrected chi connectivity index (χ0v) is 8.69. The van der Waals surface area contributed by atoms with Crippen LogP contribution in [0.15, 0.2) is 12.2 Å². The van der Waals surface area contributed by atoms with Gasteiger partial charge in [0, 0.05) is 25.0 Å². The van der Waals surface area contributed by atoms with Crippen molar-refractivity contribution in [2.75, 3.05) is 7.11 Å². The summed E-state index contributed by atoms with van der Waals surface area (Å²) in [6, 6.07) is -1.06. The van der Waals surface area contributed by atoms with Gasteiger partial charge in [0.05, 0.1) is 7.11 Å². The van der Waals surface area contributed by atoms with Crippen LogP contribution in [0.2, 0.25) is 0 Å². The molecule has 0 aromatic rings. The van der Waals surface area contributed by atoms with Crippen LogP contribution in [-0.2, 0) is 23.9 Å². The van der Waals surface area contributed by atoms with Crippen molar-refractivity contribution < 1.29 is 23.9 Å². The van der Waals surface area contributed by atoms with Crippen molar-refractivity contribution in [1.82, 2.24) is 5.32 Å². The van der Waals surface area contributed by atoms with Gasteiger partial charge < -0.3 is 10.1 Å². The predicted molar refractivity (Wildman–Crippen MR) is 52.3 cm³/mol. The van der Waals surface area contributed by atoms with Gasteiger partial charge in [-0.1, -0.05) is 0 Å². The Morgan fingerprint density at radius 3 is 2.31 bits per heavy atom. The summed E-state index contributed by atoms with van der Waals surface area (Å²) >= 11 is 0. The van der Waals surface area contributed by atoms with Gasteiger partial charge in [-0.25, -0.2) is 4.79 Å². The summed E-state index contributed by atoms with van der Waals surface area (Å²) < 4.78 is 4.27. The van der Waals surface area contributed by atoms with Gasteiger partial charge in [0.15, 0.2) is 11.6 Å². The molecular weight excluding hydrogens is 214 g/mol. The zero-order chi connectivity index (χ0) is 12.1. The molecule has 16 heavy (non-hydrogen) atoms. The van der Waals surface area contributed by atoms with Crippen molar-refractivity contribution >= 4 is 23.4 Å². The lowest BCUT2D eigenvalue weighted by Gasteiger charge is -2.06. The molecule has 0 aliphatic heterocycles. The molecule has 6 heteroatoms. The summed E-state index contributed by atoms with van der Waals surface area (Å²) in [6.07, 6.45) is 2.15. The topological polar surface area (TPSA) is 89.5 Å². The lowest BCUT2D eigenvalue weighted by molar-refractivity contribution is -0.135. The number of carbonyl (C=O) groups is 4. The van der Waals surface area contributed by atoms with E-state index in [2.05, 4.69) is 10.1 Å². The first-order chi connectivity index (χ1) is 7.54. The molecule has 6 nitrogen and oxygen atoms in total. The molecule has 0 radical (unpaired) electrons. The van der Waals surface area contributed by atoms with Gasteiger partial charge in [0.2, 0.25) is 5.91 Å². The van der Waals surface area contributed by atoms with E-state index in [0.717, 1.165) is 12.2 Å². The number of methoxy groups -OCH3 is 1. The third kappa shape index (κ3) is 3.01. The number of hydrogen-bond donors (Lipinski definition) is 1. The number of carbonyl (C=O) groups excluding carboxylic acids is 4. The second-order valence-corrected chi connectivity index (χ2v) is 3.23. The summed E-state index contributed by atoms with van der Waals surface area (Å²) in [5.74, 6) is -1.95. The van der Waals surface area contributed by atoms with Crippen LogP contribution < -0.4 is 5.32 Å². The van der Waals surface area contributed by atoms with Crippen molar-refractivity contribution in [3.8, 4) is 0 Å². The second-order valence-electron chi connectivity index (χ2n) is 3.23. The number of rotatable bonds is 3. The lowest BCUT2D eigenvalue weighted by atomic mass is 10.2. The molecule has 0 heterocycles. The Balaban J connectivity index is 2.51. The molecule has 0 saturated heterocycles. The van der Waals surface area contributed by atoms with Gasteiger partial charge in [-0.15, -0.1) is 0 Å². The van der Waals surface area contributed by atoms with Crippen molar-refractivity contribution in [3.05, 3.63) is 12.2 Å². The molecule has 1 aliphatic rings. The van der Waals surface area contributed by atoms with Crippen molar-refractivity contribution in [3.63, 3.8) is 0 Å². The fraction of sp³-hybridized carbons (Fsp3) is 0.400. The molecule has 0 spiro atoms. The Morgan fingerprint density at radius 2 is 1.81 bits per heavy atom. The third-order valence-corrected chi connectivity index (χ3v) is 2.12. The van der Waals surface area contributed by atoms with Crippen LogP contribution in [0.25, 0.3) is 0 Å². The molecule has 1 amide bonds. The van der Waals surface area contributed by atoms with E-state index in [1.165, 1.54) is 7.11 Å². The first-order valence-corrected chi connectivity index (χ1v) is 4.66. The predicted octanol–water partition coefficient (Wildman–Crippen LogP) is -0.868. The van der Waals surface area contributed by atoms with Gasteiger partial charge in [-0.2, -0.15) is 0 Å². The molecule has 1 aliphatic carbocycles. The smallest absolute Gasteiger partial charge is 0.330 e. The summed E-state index contributed by atoms with van der Waals surface area (Å²) in [5, 5.41) is 2.23. The first-order valence-electron chi connectivity index (χ1n) is 4.66. The Morgan fingerprint density at radius 1 is 1.25 bits per heavy atom. The van der Waals surface area contributed by atoms with E-state index in [0.29, 0.717) is 0 Å². The molecule has 0 aromatic heterocycles. The molecule has 0 bridgehead atoms.